The van der Waals surface area contributed by atoms with Gasteiger partial charge in [-0.2, -0.15) is 0 Å². The number of benzene rings is 1. The molecule has 2 aliphatic heterocycles. The Morgan fingerprint density at radius 2 is 1.93 bits per heavy atom. The molecule has 0 unspecified atom stereocenters. The largest absolute Gasteiger partial charge is 0.484 e. The van der Waals surface area contributed by atoms with Crippen LogP contribution in [0.15, 0.2) is 30.3 Å². The van der Waals surface area contributed by atoms with Gasteiger partial charge in [-0.3, -0.25) is 9.59 Å². The minimum atomic E-state index is -0.0555. The van der Waals surface area contributed by atoms with E-state index in [0.717, 1.165) is 31.0 Å². The van der Waals surface area contributed by atoms with Crippen LogP contribution in [0.5, 0.6) is 5.75 Å². The number of fused-ring (bicyclic) bond motifs is 1. The Bertz CT molecular complexity index is 851. The number of hydrogen-bond donors (Lipinski definition) is 0. The highest BCUT2D eigenvalue weighted by Gasteiger charge is 2.31. The number of piperidine rings is 1. The molecule has 0 saturated carbocycles. The van der Waals surface area contributed by atoms with Gasteiger partial charge in [0.1, 0.15) is 11.6 Å². The molecule has 1 aromatic heterocycles. The number of likely N-dealkylation sites (tertiary alicyclic amines) is 1. The third-order valence-corrected chi connectivity index (χ3v) is 5.47. The first-order valence-corrected chi connectivity index (χ1v) is 9.75. The molecule has 0 bridgehead atoms. The van der Waals surface area contributed by atoms with Gasteiger partial charge in [0.25, 0.3) is 5.91 Å². The maximum atomic E-state index is 12.5. The molecule has 3 heterocycles. The molecule has 2 aliphatic rings. The first kappa shape index (κ1) is 18.5. The smallest absolute Gasteiger partial charge is 0.260 e. The molecule has 4 rings (SSSR count). The zero-order valence-corrected chi connectivity index (χ0v) is 16.1. The number of aromatic nitrogens is 3. The van der Waals surface area contributed by atoms with Gasteiger partial charge in [-0.05, 0) is 25.0 Å². The van der Waals surface area contributed by atoms with Crippen molar-refractivity contribution in [3.8, 4) is 5.75 Å². The fourth-order valence-corrected chi connectivity index (χ4v) is 3.92. The third kappa shape index (κ3) is 3.85. The van der Waals surface area contributed by atoms with Crippen LogP contribution in [0.2, 0.25) is 0 Å². The van der Waals surface area contributed by atoms with Gasteiger partial charge >= 0.3 is 0 Å². The lowest BCUT2D eigenvalue weighted by molar-refractivity contribution is -0.135. The second-order valence-corrected chi connectivity index (χ2v) is 7.35. The van der Waals surface area contributed by atoms with Crippen molar-refractivity contribution in [1.29, 1.82) is 0 Å². The molecule has 0 N–H and O–H groups in total. The van der Waals surface area contributed by atoms with Gasteiger partial charge < -0.3 is 19.1 Å². The first-order valence-electron chi connectivity index (χ1n) is 9.75. The van der Waals surface area contributed by atoms with Gasteiger partial charge in [0.2, 0.25) is 5.91 Å². The number of rotatable bonds is 4. The Morgan fingerprint density at radius 3 is 2.71 bits per heavy atom. The fraction of sp³-hybridized carbons (Fsp3) is 0.500. The number of para-hydroxylation sites is 1. The summed E-state index contributed by atoms with van der Waals surface area (Å²) in [5.74, 6) is 2.69. The average Bonchev–Trinajstić information content (AvgIpc) is 3.16. The van der Waals surface area contributed by atoms with Crippen molar-refractivity contribution < 1.29 is 14.3 Å². The van der Waals surface area contributed by atoms with Crippen molar-refractivity contribution in [3.05, 3.63) is 42.0 Å². The van der Waals surface area contributed by atoms with E-state index >= 15 is 0 Å². The summed E-state index contributed by atoms with van der Waals surface area (Å²) >= 11 is 0. The van der Waals surface area contributed by atoms with Gasteiger partial charge in [0, 0.05) is 39.0 Å². The van der Waals surface area contributed by atoms with Gasteiger partial charge in [0.15, 0.2) is 12.4 Å². The summed E-state index contributed by atoms with van der Waals surface area (Å²) in [7, 11) is 0. The Morgan fingerprint density at radius 1 is 1.11 bits per heavy atom. The van der Waals surface area contributed by atoms with Gasteiger partial charge in [0.05, 0.1) is 6.54 Å². The maximum Gasteiger partial charge on any atom is 0.260 e. The Balaban J connectivity index is 1.38. The molecule has 8 heteroatoms. The van der Waals surface area contributed by atoms with Crippen molar-refractivity contribution in [3.63, 3.8) is 0 Å². The normalized spacial score (nSPS) is 19.2. The number of hydrogen-bond acceptors (Lipinski definition) is 5. The molecule has 1 atom stereocenters. The highest BCUT2D eigenvalue weighted by atomic mass is 16.5. The molecule has 28 heavy (non-hydrogen) atoms. The summed E-state index contributed by atoms with van der Waals surface area (Å²) in [5.41, 5.74) is 0. The van der Waals surface area contributed by atoms with E-state index in [9.17, 15) is 9.59 Å². The van der Waals surface area contributed by atoms with Crippen molar-refractivity contribution in [2.45, 2.75) is 38.8 Å². The van der Waals surface area contributed by atoms with Crippen molar-refractivity contribution in [2.75, 3.05) is 26.2 Å². The van der Waals surface area contributed by atoms with E-state index in [-0.39, 0.29) is 24.3 Å². The van der Waals surface area contributed by atoms with E-state index < -0.39 is 0 Å². The zero-order valence-electron chi connectivity index (χ0n) is 16.1. The third-order valence-electron chi connectivity index (χ3n) is 5.47. The topological polar surface area (TPSA) is 80.6 Å². The van der Waals surface area contributed by atoms with Crippen LogP contribution in [0.3, 0.4) is 0 Å². The lowest BCUT2D eigenvalue weighted by atomic mass is 9.97. The predicted octanol–water partition coefficient (Wildman–Crippen LogP) is 1.43. The minimum Gasteiger partial charge on any atom is -0.484 e. The van der Waals surface area contributed by atoms with Crippen LogP contribution in [-0.4, -0.2) is 62.6 Å². The van der Waals surface area contributed by atoms with E-state index in [1.54, 1.807) is 11.8 Å². The number of carbonyl (C=O) groups is 2. The molecule has 8 nitrogen and oxygen atoms in total. The van der Waals surface area contributed by atoms with Gasteiger partial charge in [-0.25, -0.2) is 0 Å². The minimum absolute atomic E-state index is 0.0151. The second kappa shape index (κ2) is 8.00. The SMILES string of the molecule is CC(=O)N1CCC[C@@H](c2nnc3n2CCN(C(=O)COc2ccccc2)C3)C1. The lowest BCUT2D eigenvalue weighted by Crippen LogP contribution is -2.42. The van der Waals surface area contributed by atoms with E-state index in [4.69, 9.17) is 4.74 Å². The molecular weight excluding hydrogens is 358 g/mol. The number of nitrogens with zero attached hydrogens (tertiary/aromatic N) is 5. The summed E-state index contributed by atoms with van der Waals surface area (Å²) in [6.07, 6.45) is 1.99. The summed E-state index contributed by atoms with van der Waals surface area (Å²) in [6.45, 7) is 4.86. The quantitative estimate of drug-likeness (QED) is 0.798. The summed E-state index contributed by atoms with van der Waals surface area (Å²) in [5, 5.41) is 8.74. The molecule has 2 amide bonds. The molecule has 0 radical (unpaired) electrons. The second-order valence-electron chi connectivity index (χ2n) is 7.35. The molecule has 148 valence electrons. The van der Waals surface area contributed by atoms with Gasteiger partial charge in [-0.1, -0.05) is 18.2 Å². The van der Waals surface area contributed by atoms with Crippen molar-refractivity contribution in [1.82, 2.24) is 24.6 Å². The van der Waals surface area contributed by atoms with E-state index in [1.807, 2.05) is 35.2 Å². The Hall–Kier alpha value is -2.90. The van der Waals surface area contributed by atoms with E-state index in [1.165, 1.54) is 0 Å². The van der Waals surface area contributed by atoms with Crippen LogP contribution in [0.25, 0.3) is 0 Å². The number of amides is 2. The van der Waals surface area contributed by atoms with Crippen LogP contribution in [0, 0.1) is 0 Å². The fourth-order valence-electron chi connectivity index (χ4n) is 3.92. The van der Waals surface area contributed by atoms with Crippen LogP contribution in [0.4, 0.5) is 0 Å². The maximum absolute atomic E-state index is 12.5. The Kier molecular flexibility index (Phi) is 5.27. The monoisotopic (exact) mass is 383 g/mol. The van der Waals surface area contributed by atoms with E-state index in [2.05, 4.69) is 14.8 Å². The van der Waals surface area contributed by atoms with Crippen LogP contribution < -0.4 is 4.74 Å². The predicted molar refractivity (Wildman–Crippen MR) is 102 cm³/mol. The molecule has 1 saturated heterocycles. The highest BCUT2D eigenvalue weighted by molar-refractivity contribution is 5.77. The molecule has 0 spiro atoms. The first-order chi connectivity index (χ1) is 13.6. The molecule has 1 fully saturated rings. The summed E-state index contributed by atoms with van der Waals surface area (Å²) in [4.78, 5) is 27.9. The molecular formula is C20H25N5O3. The molecule has 1 aromatic carbocycles. The zero-order chi connectivity index (χ0) is 19.5. The highest BCUT2D eigenvalue weighted by Crippen LogP contribution is 2.27. The van der Waals surface area contributed by atoms with Crippen molar-refractivity contribution in [2.24, 2.45) is 0 Å². The number of ether oxygens (including phenoxy) is 1. The van der Waals surface area contributed by atoms with Crippen molar-refractivity contribution >= 4 is 11.8 Å². The Labute approximate surface area is 164 Å². The average molecular weight is 383 g/mol. The lowest BCUT2D eigenvalue weighted by Gasteiger charge is -2.33. The van der Waals surface area contributed by atoms with Crippen LogP contribution >= 0.6 is 0 Å². The number of carbonyl (C=O) groups excluding carboxylic acids is 2. The molecule has 2 aromatic rings. The van der Waals surface area contributed by atoms with E-state index in [0.29, 0.717) is 31.9 Å². The van der Waals surface area contributed by atoms with Crippen LogP contribution in [0.1, 0.15) is 37.3 Å². The summed E-state index contributed by atoms with van der Waals surface area (Å²) < 4.78 is 7.69. The van der Waals surface area contributed by atoms with Crippen LogP contribution in [-0.2, 0) is 22.7 Å². The summed E-state index contributed by atoms with van der Waals surface area (Å²) in [6, 6.07) is 9.33. The molecule has 0 aliphatic carbocycles. The standard InChI is InChI=1S/C20H25N5O3/c1-15(26)23-9-5-6-16(12-23)20-22-21-18-13-24(10-11-25(18)20)19(27)14-28-17-7-3-2-4-8-17/h2-4,7-8,16H,5-6,9-14H2,1H3/t16-/m1/s1. The van der Waals surface area contributed by atoms with Gasteiger partial charge in [-0.15, -0.1) is 10.2 Å².